The Hall–Kier alpha value is -1.16. The highest BCUT2D eigenvalue weighted by Gasteiger charge is 2.11. The molecule has 0 aliphatic carbocycles. The summed E-state index contributed by atoms with van der Waals surface area (Å²) in [6.07, 6.45) is 0. The van der Waals surface area contributed by atoms with Crippen LogP contribution in [0.25, 0.3) is 0 Å². The topological polar surface area (TPSA) is 46.5 Å². The fraction of sp³-hybridized carbons (Fsp3) is 0.462. The Balaban J connectivity index is 2.56. The van der Waals surface area contributed by atoms with E-state index < -0.39 is 5.97 Å². The summed E-state index contributed by atoms with van der Waals surface area (Å²) in [6, 6.07) is 6.04. The molecular weight excluding hydrogens is 236 g/mol. The Morgan fingerprint density at radius 2 is 2.24 bits per heavy atom. The summed E-state index contributed by atoms with van der Waals surface area (Å²) in [5.41, 5.74) is 2.31. The predicted octanol–water partition coefficient (Wildman–Crippen LogP) is 2.96. The van der Waals surface area contributed by atoms with Gasteiger partial charge in [0.2, 0.25) is 0 Å². The van der Waals surface area contributed by atoms with Gasteiger partial charge in [-0.1, -0.05) is 24.6 Å². The molecule has 0 saturated carbocycles. The van der Waals surface area contributed by atoms with Crippen molar-refractivity contribution in [2.24, 2.45) is 5.92 Å². The van der Waals surface area contributed by atoms with Gasteiger partial charge in [-0.05, 0) is 13.0 Å². The fourth-order valence-electron chi connectivity index (χ4n) is 1.44. The van der Waals surface area contributed by atoms with Crippen molar-refractivity contribution in [2.45, 2.75) is 19.6 Å². The molecule has 4 heteroatoms. The molecular formula is C13H18O3S. The summed E-state index contributed by atoms with van der Waals surface area (Å²) in [4.78, 5) is 10.7. The van der Waals surface area contributed by atoms with Crippen molar-refractivity contribution in [3.8, 4) is 5.75 Å². The Bertz CT molecular complexity index is 390. The van der Waals surface area contributed by atoms with E-state index in [-0.39, 0.29) is 5.92 Å². The van der Waals surface area contributed by atoms with E-state index in [1.165, 1.54) is 5.56 Å². The molecule has 0 aliphatic heterocycles. The lowest BCUT2D eigenvalue weighted by Crippen LogP contribution is -2.11. The lowest BCUT2D eigenvalue weighted by molar-refractivity contribution is -0.140. The van der Waals surface area contributed by atoms with Gasteiger partial charge in [-0.2, -0.15) is 11.8 Å². The van der Waals surface area contributed by atoms with Crippen LogP contribution in [0.15, 0.2) is 18.2 Å². The van der Waals surface area contributed by atoms with Crippen LogP contribution in [0.2, 0.25) is 0 Å². The van der Waals surface area contributed by atoms with Gasteiger partial charge in [0.15, 0.2) is 0 Å². The molecule has 0 amide bonds. The minimum Gasteiger partial charge on any atom is -0.496 e. The van der Waals surface area contributed by atoms with Gasteiger partial charge in [0, 0.05) is 17.1 Å². The van der Waals surface area contributed by atoms with Crippen LogP contribution < -0.4 is 4.74 Å². The van der Waals surface area contributed by atoms with Gasteiger partial charge >= 0.3 is 5.97 Å². The third-order valence-corrected chi connectivity index (χ3v) is 3.73. The van der Waals surface area contributed by atoms with E-state index in [1.54, 1.807) is 25.8 Å². The number of thioether (sulfide) groups is 1. The van der Waals surface area contributed by atoms with Crippen LogP contribution >= 0.6 is 11.8 Å². The molecule has 0 spiro atoms. The molecule has 0 heterocycles. The van der Waals surface area contributed by atoms with Crippen molar-refractivity contribution in [1.82, 2.24) is 0 Å². The molecule has 0 bridgehead atoms. The van der Waals surface area contributed by atoms with E-state index in [4.69, 9.17) is 9.84 Å². The van der Waals surface area contributed by atoms with Gasteiger partial charge < -0.3 is 9.84 Å². The summed E-state index contributed by atoms with van der Waals surface area (Å²) >= 11 is 1.62. The van der Waals surface area contributed by atoms with Crippen LogP contribution in [0, 0.1) is 12.8 Å². The van der Waals surface area contributed by atoms with Crippen molar-refractivity contribution in [1.29, 1.82) is 0 Å². The zero-order valence-corrected chi connectivity index (χ0v) is 11.2. The number of hydrogen-bond acceptors (Lipinski definition) is 3. The molecule has 0 radical (unpaired) electrons. The molecule has 0 aromatic heterocycles. The third kappa shape index (κ3) is 4.30. The highest BCUT2D eigenvalue weighted by atomic mass is 32.2. The fourth-order valence-corrected chi connectivity index (χ4v) is 2.50. The van der Waals surface area contributed by atoms with E-state index in [0.29, 0.717) is 5.75 Å². The van der Waals surface area contributed by atoms with Crippen molar-refractivity contribution >= 4 is 17.7 Å². The van der Waals surface area contributed by atoms with Gasteiger partial charge in [0.25, 0.3) is 0 Å². The average molecular weight is 254 g/mol. The molecule has 1 N–H and O–H groups in total. The summed E-state index contributed by atoms with van der Waals surface area (Å²) in [7, 11) is 1.65. The molecule has 17 heavy (non-hydrogen) atoms. The van der Waals surface area contributed by atoms with Crippen molar-refractivity contribution in [3.63, 3.8) is 0 Å². The van der Waals surface area contributed by atoms with E-state index in [9.17, 15) is 4.79 Å². The summed E-state index contributed by atoms with van der Waals surface area (Å²) < 4.78 is 5.28. The second kappa shape index (κ2) is 6.55. The van der Waals surface area contributed by atoms with Crippen molar-refractivity contribution in [2.75, 3.05) is 12.9 Å². The summed E-state index contributed by atoms with van der Waals surface area (Å²) in [5, 5.41) is 8.79. The molecule has 1 aromatic rings. The van der Waals surface area contributed by atoms with E-state index in [0.717, 1.165) is 17.1 Å². The van der Waals surface area contributed by atoms with Crippen molar-refractivity contribution in [3.05, 3.63) is 29.3 Å². The Kier molecular flexibility index (Phi) is 5.35. The Labute approximate surface area is 106 Å². The number of rotatable bonds is 6. The standard InChI is InChI=1S/C13H18O3S/c1-9-4-5-12(16-3)11(6-9)8-17-7-10(2)13(14)15/h4-6,10H,7-8H2,1-3H3,(H,14,15). The first-order valence-corrected chi connectivity index (χ1v) is 6.64. The first-order valence-electron chi connectivity index (χ1n) is 5.48. The lowest BCUT2D eigenvalue weighted by Gasteiger charge is -2.10. The Morgan fingerprint density at radius 3 is 2.82 bits per heavy atom. The Morgan fingerprint density at radius 1 is 1.53 bits per heavy atom. The first kappa shape index (κ1) is 13.9. The van der Waals surface area contributed by atoms with Gasteiger partial charge in [0.05, 0.1) is 13.0 Å². The zero-order chi connectivity index (χ0) is 12.8. The highest BCUT2D eigenvalue weighted by molar-refractivity contribution is 7.98. The maximum atomic E-state index is 10.7. The van der Waals surface area contributed by atoms with E-state index in [1.807, 2.05) is 19.1 Å². The second-order valence-corrected chi connectivity index (χ2v) is 5.10. The molecule has 0 aliphatic rings. The number of aliphatic carboxylic acids is 1. The molecule has 94 valence electrons. The zero-order valence-electron chi connectivity index (χ0n) is 10.4. The molecule has 3 nitrogen and oxygen atoms in total. The number of benzene rings is 1. The molecule has 0 saturated heterocycles. The summed E-state index contributed by atoms with van der Waals surface area (Å²) in [5.74, 6) is 1.21. The number of carbonyl (C=O) groups is 1. The normalized spacial score (nSPS) is 12.2. The monoisotopic (exact) mass is 254 g/mol. The number of aryl methyl sites for hydroxylation is 1. The van der Waals surface area contributed by atoms with E-state index in [2.05, 4.69) is 6.07 Å². The predicted molar refractivity (Wildman–Crippen MR) is 70.7 cm³/mol. The van der Waals surface area contributed by atoms with Crippen LogP contribution in [-0.2, 0) is 10.5 Å². The maximum Gasteiger partial charge on any atom is 0.307 e. The average Bonchev–Trinajstić information content (AvgIpc) is 2.29. The molecule has 1 atom stereocenters. The maximum absolute atomic E-state index is 10.7. The van der Waals surface area contributed by atoms with Crippen LogP contribution in [0.1, 0.15) is 18.1 Å². The SMILES string of the molecule is COc1ccc(C)cc1CSCC(C)C(=O)O. The lowest BCUT2D eigenvalue weighted by atomic mass is 10.1. The number of carboxylic acid groups (broad SMARTS) is 1. The number of hydrogen-bond donors (Lipinski definition) is 1. The number of carboxylic acids is 1. The molecule has 0 fully saturated rings. The molecule has 1 aromatic carbocycles. The smallest absolute Gasteiger partial charge is 0.307 e. The second-order valence-electron chi connectivity index (χ2n) is 4.07. The number of ether oxygens (including phenoxy) is 1. The van der Waals surface area contributed by atoms with Gasteiger partial charge in [-0.15, -0.1) is 0 Å². The first-order chi connectivity index (χ1) is 8.04. The molecule has 1 rings (SSSR count). The minimum absolute atomic E-state index is 0.309. The van der Waals surface area contributed by atoms with Crippen LogP contribution in [0.3, 0.4) is 0 Å². The van der Waals surface area contributed by atoms with Crippen LogP contribution in [0.5, 0.6) is 5.75 Å². The quantitative estimate of drug-likeness (QED) is 0.847. The van der Waals surface area contributed by atoms with Crippen LogP contribution in [0.4, 0.5) is 0 Å². The van der Waals surface area contributed by atoms with Crippen molar-refractivity contribution < 1.29 is 14.6 Å². The largest absolute Gasteiger partial charge is 0.496 e. The minimum atomic E-state index is -0.742. The van der Waals surface area contributed by atoms with E-state index >= 15 is 0 Å². The van der Waals surface area contributed by atoms with Gasteiger partial charge in [0.1, 0.15) is 5.75 Å². The number of methoxy groups -OCH3 is 1. The van der Waals surface area contributed by atoms with Gasteiger partial charge in [-0.3, -0.25) is 4.79 Å². The van der Waals surface area contributed by atoms with Gasteiger partial charge in [-0.25, -0.2) is 0 Å². The van der Waals surface area contributed by atoms with Crippen LogP contribution in [-0.4, -0.2) is 23.9 Å². The third-order valence-electron chi connectivity index (χ3n) is 2.48. The molecule has 1 unspecified atom stereocenters. The highest BCUT2D eigenvalue weighted by Crippen LogP contribution is 2.25. The summed E-state index contributed by atoms with van der Waals surface area (Å²) in [6.45, 7) is 3.76.